The van der Waals surface area contributed by atoms with Gasteiger partial charge in [-0.25, -0.2) is 0 Å². The zero-order chi connectivity index (χ0) is 7.41. The minimum Gasteiger partial charge on any atom is -0.483 e. The van der Waals surface area contributed by atoms with E-state index in [0.29, 0.717) is 0 Å². The highest BCUT2D eigenvalue weighted by Gasteiger charge is 1.22. The molecule has 58 valence electrons. The predicted molar refractivity (Wildman–Crippen MR) is 30.6 cm³/mol. The van der Waals surface area contributed by atoms with E-state index in [9.17, 15) is 0 Å². The molecule has 9 heavy (non-hydrogen) atoms. The lowest BCUT2D eigenvalue weighted by Gasteiger charge is -1.34. The van der Waals surface area contributed by atoms with Gasteiger partial charge in [0.1, 0.15) is 0 Å². The summed E-state index contributed by atoms with van der Waals surface area (Å²) < 4.78 is 0. The Morgan fingerprint density at radius 2 is 1.00 bits per heavy atom. The van der Waals surface area contributed by atoms with Gasteiger partial charge in [0.15, 0.2) is 0 Å². The maximum absolute atomic E-state index is 8.36. The van der Waals surface area contributed by atoms with Gasteiger partial charge in [0, 0.05) is 7.11 Å². The lowest BCUT2D eigenvalue weighted by molar-refractivity contribution is -0.123. The van der Waals surface area contributed by atoms with E-state index in [0.717, 1.165) is 7.11 Å². The highest BCUT2D eigenvalue weighted by molar-refractivity contribution is 5.32. The van der Waals surface area contributed by atoms with Gasteiger partial charge in [-0.15, -0.1) is 0 Å². The number of hydrogen-bond donors (Lipinski definition) is 4. The van der Waals surface area contributed by atoms with Crippen LogP contribution < -0.4 is 6.15 Å². The minimum atomic E-state index is -0.250. The molecule has 6 heteroatoms. The molecule has 0 bridgehead atoms. The first-order valence-corrected chi connectivity index (χ1v) is 1.44. The Balaban J connectivity index is -0.0000000202. The van der Waals surface area contributed by atoms with Gasteiger partial charge in [-0.2, -0.15) is 0 Å². The zero-order valence-electron chi connectivity index (χ0n) is 5.02. The summed E-state index contributed by atoms with van der Waals surface area (Å²) in [6.07, 6.45) is 0. The van der Waals surface area contributed by atoms with Crippen LogP contribution >= 0.6 is 0 Å². The third-order valence-electron chi connectivity index (χ3n) is 0. The van der Waals surface area contributed by atoms with Gasteiger partial charge in [-0.3, -0.25) is 9.59 Å². The van der Waals surface area contributed by atoms with E-state index in [1.807, 2.05) is 0 Å². The Bertz CT molecular complexity index is 33.2. The Kier molecular flexibility index (Phi) is 879. The van der Waals surface area contributed by atoms with Crippen molar-refractivity contribution in [2.75, 3.05) is 7.11 Å². The quantitative estimate of drug-likeness (QED) is 0.326. The molecule has 0 aliphatic heterocycles. The van der Waals surface area contributed by atoms with Crippen molar-refractivity contribution >= 4 is 12.9 Å². The van der Waals surface area contributed by atoms with Crippen LogP contribution in [-0.2, 0) is 9.59 Å². The lowest BCUT2D eigenvalue weighted by atomic mass is 11.7. The van der Waals surface area contributed by atoms with Crippen LogP contribution in [0.15, 0.2) is 0 Å². The van der Waals surface area contributed by atoms with E-state index >= 15 is 0 Å². The van der Waals surface area contributed by atoms with E-state index < -0.39 is 0 Å². The molecule has 6 N–H and O–H groups in total. The fourth-order valence-electron chi connectivity index (χ4n) is 0. The first-order valence-electron chi connectivity index (χ1n) is 1.44. The van der Waals surface area contributed by atoms with Crippen molar-refractivity contribution in [1.29, 1.82) is 0 Å². The summed E-state index contributed by atoms with van der Waals surface area (Å²) in [7, 11) is 1.00. The molecule has 0 aromatic heterocycles. The average Bonchev–Trinajstić information content (AvgIpc) is 1.75. The minimum absolute atomic E-state index is 0. The molecule has 0 aliphatic rings. The first-order chi connectivity index (χ1) is 3.83. The largest absolute Gasteiger partial charge is 0.483 e. The number of rotatable bonds is 0. The second-order valence-corrected chi connectivity index (χ2v) is 0.211. The summed E-state index contributed by atoms with van der Waals surface area (Å²) in [4.78, 5) is 16.7. The molecule has 0 heterocycles. The SMILES string of the molecule is CO.N.O=CO.O=CO. The van der Waals surface area contributed by atoms with E-state index in [1.54, 1.807) is 0 Å². The molecule has 0 saturated heterocycles. The van der Waals surface area contributed by atoms with Gasteiger partial charge >= 0.3 is 0 Å². The third-order valence-corrected chi connectivity index (χ3v) is 0. The molecule has 0 rings (SSSR count). The normalized spacial score (nSPS) is 3.33. The molecule has 0 saturated carbocycles. The average molecular weight is 141 g/mol. The van der Waals surface area contributed by atoms with E-state index in [4.69, 9.17) is 24.9 Å². The van der Waals surface area contributed by atoms with Crippen molar-refractivity contribution in [3.8, 4) is 0 Å². The van der Waals surface area contributed by atoms with Crippen LogP contribution in [0.3, 0.4) is 0 Å². The van der Waals surface area contributed by atoms with Crippen LogP contribution in [0.4, 0.5) is 0 Å². The zero-order valence-corrected chi connectivity index (χ0v) is 5.02. The number of aliphatic hydroxyl groups excluding tert-OH is 1. The van der Waals surface area contributed by atoms with Crippen LogP contribution in [0.5, 0.6) is 0 Å². The Morgan fingerprint density at radius 1 is 1.00 bits per heavy atom. The topological polar surface area (TPSA) is 130 Å². The monoisotopic (exact) mass is 141 g/mol. The highest BCUT2D eigenvalue weighted by Crippen LogP contribution is 0.969. The maximum Gasteiger partial charge on any atom is 0.290 e. The molecule has 0 fully saturated rings. The molecule has 0 atom stereocenters. The van der Waals surface area contributed by atoms with Crippen molar-refractivity contribution in [3.63, 3.8) is 0 Å². The summed E-state index contributed by atoms with van der Waals surface area (Å²) >= 11 is 0. The lowest BCUT2D eigenvalue weighted by Crippen LogP contribution is -1.49. The molecular formula is C3H11NO5. The second-order valence-electron chi connectivity index (χ2n) is 0.211. The maximum atomic E-state index is 8.36. The number of carbonyl (C=O) groups is 2. The van der Waals surface area contributed by atoms with Gasteiger partial charge in [-0.1, -0.05) is 0 Å². The van der Waals surface area contributed by atoms with Gasteiger partial charge in [0.2, 0.25) is 0 Å². The molecule has 0 unspecified atom stereocenters. The molecule has 0 aliphatic carbocycles. The van der Waals surface area contributed by atoms with Crippen LogP contribution in [-0.4, -0.2) is 35.4 Å². The van der Waals surface area contributed by atoms with Gasteiger partial charge in [0.25, 0.3) is 12.9 Å². The van der Waals surface area contributed by atoms with Crippen molar-refractivity contribution in [3.05, 3.63) is 0 Å². The van der Waals surface area contributed by atoms with Crippen molar-refractivity contribution in [1.82, 2.24) is 6.15 Å². The van der Waals surface area contributed by atoms with Gasteiger partial charge in [-0.05, 0) is 0 Å². The molecule has 0 spiro atoms. The smallest absolute Gasteiger partial charge is 0.290 e. The summed E-state index contributed by atoms with van der Waals surface area (Å²) in [5.41, 5.74) is 0. The van der Waals surface area contributed by atoms with Crippen LogP contribution in [0.25, 0.3) is 0 Å². The third kappa shape index (κ3) is 125. The number of aliphatic hydroxyl groups is 1. The molecule has 0 aromatic carbocycles. The van der Waals surface area contributed by atoms with E-state index in [-0.39, 0.29) is 19.1 Å². The van der Waals surface area contributed by atoms with Crippen LogP contribution in [0.1, 0.15) is 0 Å². The fraction of sp³-hybridized carbons (Fsp3) is 0.333. The summed E-state index contributed by atoms with van der Waals surface area (Å²) in [5, 5.41) is 20.8. The number of hydrogen-bond acceptors (Lipinski definition) is 4. The molecular weight excluding hydrogens is 130 g/mol. The second kappa shape index (κ2) is 319. The summed E-state index contributed by atoms with van der Waals surface area (Å²) in [6, 6.07) is 0. The first kappa shape index (κ1) is 24.8. The Morgan fingerprint density at radius 3 is 1.00 bits per heavy atom. The molecule has 6 nitrogen and oxygen atoms in total. The van der Waals surface area contributed by atoms with Crippen LogP contribution in [0.2, 0.25) is 0 Å². The molecule has 0 aromatic rings. The summed E-state index contributed by atoms with van der Waals surface area (Å²) in [5.74, 6) is 0. The molecule has 0 amide bonds. The van der Waals surface area contributed by atoms with Gasteiger partial charge < -0.3 is 21.5 Å². The predicted octanol–water partition coefficient (Wildman–Crippen LogP) is -0.828. The molecule has 0 radical (unpaired) electrons. The number of carboxylic acid groups (broad SMARTS) is 2. The Labute approximate surface area is 52.3 Å². The van der Waals surface area contributed by atoms with Crippen LogP contribution in [0, 0.1) is 0 Å². The summed E-state index contributed by atoms with van der Waals surface area (Å²) in [6.45, 7) is -0.500. The Hall–Kier alpha value is -1.14. The van der Waals surface area contributed by atoms with Crippen molar-refractivity contribution in [2.45, 2.75) is 0 Å². The van der Waals surface area contributed by atoms with Crippen molar-refractivity contribution in [2.24, 2.45) is 0 Å². The van der Waals surface area contributed by atoms with E-state index in [1.165, 1.54) is 0 Å². The standard InChI is InChI=1S/2CH2O2.CH4O.H3N/c2*2-1-3;1-2;/h2*1H,(H,2,3);2H,1H3;1H3. The van der Waals surface area contributed by atoms with Gasteiger partial charge in [0.05, 0.1) is 0 Å². The fourth-order valence-corrected chi connectivity index (χ4v) is 0. The highest BCUT2D eigenvalue weighted by atomic mass is 16.3. The van der Waals surface area contributed by atoms with Crippen molar-refractivity contribution < 1.29 is 24.9 Å². The van der Waals surface area contributed by atoms with E-state index in [2.05, 4.69) is 0 Å².